The molecule has 2 unspecified atom stereocenters. The standard InChI is InChI=1S/C28H41NO4/c1-18(2)14-21-15-23(16-21)27(30)25(22-10-11-22)26(29)24(19(3)28(31)32-4)12-13-33-17-20-8-6-5-7-9-20/h5-9,18-19,21-24H,10-17,29H2,1-4H3. The fourth-order valence-electron chi connectivity index (χ4n) is 5.18. The number of benzene rings is 1. The molecule has 33 heavy (non-hydrogen) atoms. The van der Waals surface area contributed by atoms with E-state index in [9.17, 15) is 9.59 Å². The zero-order valence-electron chi connectivity index (χ0n) is 20.7. The molecule has 0 bridgehead atoms. The van der Waals surface area contributed by atoms with Crippen LogP contribution in [0.1, 0.15) is 64.9 Å². The van der Waals surface area contributed by atoms with Crippen molar-refractivity contribution < 1.29 is 19.1 Å². The fraction of sp³-hybridized carbons (Fsp3) is 0.643. The minimum Gasteiger partial charge on any atom is -0.469 e. The van der Waals surface area contributed by atoms with Crippen molar-refractivity contribution >= 4 is 11.8 Å². The number of Topliss-reactive ketones (excluding diaryl/α,β-unsaturated/α-hetero) is 1. The third-order valence-electron chi connectivity index (χ3n) is 7.23. The van der Waals surface area contributed by atoms with Gasteiger partial charge in [-0.15, -0.1) is 0 Å². The maximum atomic E-state index is 13.5. The Balaban J connectivity index is 1.70. The van der Waals surface area contributed by atoms with Crippen LogP contribution in [0.2, 0.25) is 0 Å². The Morgan fingerprint density at radius 1 is 1.06 bits per heavy atom. The molecule has 0 amide bonds. The Morgan fingerprint density at radius 3 is 2.30 bits per heavy atom. The van der Waals surface area contributed by atoms with Crippen molar-refractivity contribution in [3.8, 4) is 0 Å². The van der Waals surface area contributed by atoms with Gasteiger partial charge in [-0.05, 0) is 61.8 Å². The Hall–Kier alpha value is -2.14. The van der Waals surface area contributed by atoms with Crippen molar-refractivity contribution in [1.82, 2.24) is 0 Å². The van der Waals surface area contributed by atoms with Crippen molar-refractivity contribution in [2.45, 2.75) is 65.9 Å². The van der Waals surface area contributed by atoms with E-state index in [0.29, 0.717) is 37.2 Å². The summed E-state index contributed by atoms with van der Waals surface area (Å²) >= 11 is 0. The van der Waals surface area contributed by atoms with Gasteiger partial charge in [0.1, 0.15) is 0 Å². The summed E-state index contributed by atoms with van der Waals surface area (Å²) in [6.45, 7) is 7.30. The second-order valence-electron chi connectivity index (χ2n) is 10.4. The van der Waals surface area contributed by atoms with Crippen molar-refractivity contribution in [3.05, 3.63) is 47.2 Å². The first-order chi connectivity index (χ1) is 15.8. The zero-order chi connectivity index (χ0) is 24.0. The van der Waals surface area contributed by atoms with Gasteiger partial charge in [-0.1, -0.05) is 51.1 Å². The molecule has 182 valence electrons. The van der Waals surface area contributed by atoms with E-state index in [4.69, 9.17) is 15.2 Å². The molecule has 5 heteroatoms. The summed E-state index contributed by atoms with van der Waals surface area (Å²) in [5.74, 6) is 0.890. The van der Waals surface area contributed by atoms with Crippen molar-refractivity contribution in [2.24, 2.45) is 41.2 Å². The summed E-state index contributed by atoms with van der Waals surface area (Å²) < 4.78 is 10.9. The van der Waals surface area contributed by atoms with Crippen LogP contribution < -0.4 is 5.73 Å². The van der Waals surface area contributed by atoms with E-state index in [-0.39, 0.29) is 29.5 Å². The molecule has 2 saturated carbocycles. The molecule has 0 spiro atoms. The van der Waals surface area contributed by atoms with E-state index in [0.717, 1.165) is 36.8 Å². The summed E-state index contributed by atoms with van der Waals surface area (Å²) in [6, 6.07) is 10.0. The van der Waals surface area contributed by atoms with E-state index in [2.05, 4.69) is 13.8 Å². The van der Waals surface area contributed by atoms with Gasteiger partial charge in [-0.3, -0.25) is 9.59 Å². The third-order valence-corrected chi connectivity index (χ3v) is 7.23. The molecular formula is C28H41NO4. The highest BCUT2D eigenvalue weighted by molar-refractivity contribution is 5.99. The average molecular weight is 456 g/mol. The number of hydrogen-bond donors (Lipinski definition) is 1. The number of nitrogens with two attached hydrogens (primary N) is 1. The highest BCUT2D eigenvalue weighted by Gasteiger charge is 2.42. The van der Waals surface area contributed by atoms with Gasteiger partial charge in [0, 0.05) is 29.7 Å². The van der Waals surface area contributed by atoms with Crippen LogP contribution in [-0.2, 0) is 25.7 Å². The number of ketones is 1. The number of rotatable bonds is 13. The molecule has 0 saturated heterocycles. The van der Waals surface area contributed by atoms with E-state index in [1.54, 1.807) is 0 Å². The molecule has 2 atom stereocenters. The molecule has 0 aromatic heterocycles. The molecule has 0 radical (unpaired) electrons. The summed E-state index contributed by atoms with van der Waals surface area (Å²) in [5.41, 5.74) is 9.21. The Labute approximate surface area is 199 Å². The molecule has 2 N–H and O–H groups in total. The quantitative estimate of drug-likeness (QED) is 0.249. The molecule has 2 aliphatic carbocycles. The van der Waals surface area contributed by atoms with Crippen molar-refractivity contribution in [2.75, 3.05) is 13.7 Å². The Kier molecular flexibility index (Phi) is 9.13. The Morgan fingerprint density at radius 2 is 1.73 bits per heavy atom. The lowest BCUT2D eigenvalue weighted by molar-refractivity contribution is -0.146. The summed E-state index contributed by atoms with van der Waals surface area (Å²) in [5, 5.41) is 0. The fourth-order valence-corrected chi connectivity index (χ4v) is 5.18. The number of carbonyl (C=O) groups excluding carboxylic acids is 2. The predicted molar refractivity (Wildman–Crippen MR) is 130 cm³/mol. The minimum atomic E-state index is -0.424. The highest BCUT2D eigenvalue weighted by atomic mass is 16.5. The number of carbonyl (C=O) groups is 2. The molecule has 0 heterocycles. The normalized spacial score (nSPS) is 22.8. The van der Waals surface area contributed by atoms with Gasteiger partial charge < -0.3 is 15.2 Å². The van der Waals surface area contributed by atoms with Crippen LogP contribution in [0.25, 0.3) is 0 Å². The van der Waals surface area contributed by atoms with Gasteiger partial charge in [-0.25, -0.2) is 0 Å². The van der Waals surface area contributed by atoms with Crippen LogP contribution in [0, 0.1) is 35.5 Å². The van der Waals surface area contributed by atoms with Crippen molar-refractivity contribution in [3.63, 3.8) is 0 Å². The molecule has 1 aromatic rings. The summed E-state index contributed by atoms with van der Waals surface area (Å²) in [7, 11) is 1.40. The lowest BCUT2D eigenvalue weighted by Crippen LogP contribution is -2.36. The van der Waals surface area contributed by atoms with E-state index >= 15 is 0 Å². The maximum absolute atomic E-state index is 13.5. The van der Waals surface area contributed by atoms with Crippen LogP contribution in [0.3, 0.4) is 0 Å². The lowest BCUT2D eigenvalue weighted by atomic mass is 9.67. The van der Waals surface area contributed by atoms with Crippen molar-refractivity contribution in [1.29, 1.82) is 0 Å². The second-order valence-corrected chi connectivity index (χ2v) is 10.4. The van der Waals surface area contributed by atoms with E-state index < -0.39 is 5.92 Å². The molecule has 1 aromatic carbocycles. The molecule has 0 aliphatic heterocycles. The maximum Gasteiger partial charge on any atom is 0.309 e. The monoisotopic (exact) mass is 455 g/mol. The molecular weight excluding hydrogens is 414 g/mol. The average Bonchev–Trinajstić information content (AvgIpc) is 3.60. The van der Waals surface area contributed by atoms with E-state index in [1.165, 1.54) is 13.5 Å². The first kappa shape index (κ1) is 25.5. The molecule has 3 rings (SSSR count). The topological polar surface area (TPSA) is 78.6 Å². The first-order valence-corrected chi connectivity index (χ1v) is 12.5. The summed E-state index contributed by atoms with van der Waals surface area (Å²) in [6.07, 6.45) is 5.72. The number of hydrogen-bond acceptors (Lipinski definition) is 5. The van der Waals surface area contributed by atoms with Gasteiger partial charge in [0.25, 0.3) is 0 Å². The first-order valence-electron chi connectivity index (χ1n) is 12.5. The van der Waals surface area contributed by atoms with Gasteiger partial charge in [-0.2, -0.15) is 0 Å². The van der Waals surface area contributed by atoms with Crippen LogP contribution >= 0.6 is 0 Å². The second kappa shape index (κ2) is 11.8. The van der Waals surface area contributed by atoms with Gasteiger partial charge >= 0.3 is 5.97 Å². The van der Waals surface area contributed by atoms with Crippen LogP contribution in [0.15, 0.2) is 41.6 Å². The highest BCUT2D eigenvalue weighted by Crippen LogP contribution is 2.46. The van der Waals surface area contributed by atoms with E-state index in [1.807, 2.05) is 37.3 Å². The number of esters is 1. The number of allylic oxidation sites excluding steroid dienone is 2. The van der Waals surface area contributed by atoms with Gasteiger partial charge in [0.05, 0.1) is 19.6 Å². The molecule has 5 nitrogen and oxygen atoms in total. The van der Waals surface area contributed by atoms with Crippen LogP contribution in [-0.4, -0.2) is 25.5 Å². The summed E-state index contributed by atoms with van der Waals surface area (Å²) in [4.78, 5) is 25.9. The van der Waals surface area contributed by atoms with Gasteiger partial charge in [0.15, 0.2) is 5.78 Å². The predicted octanol–water partition coefficient (Wildman–Crippen LogP) is 5.28. The zero-order valence-corrected chi connectivity index (χ0v) is 20.7. The van der Waals surface area contributed by atoms with Crippen LogP contribution in [0.4, 0.5) is 0 Å². The smallest absolute Gasteiger partial charge is 0.309 e. The van der Waals surface area contributed by atoms with Crippen LogP contribution in [0.5, 0.6) is 0 Å². The minimum absolute atomic E-state index is 0.0892. The number of methoxy groups -OCH3 is 1. The van der Waals surface area contributed by atoms with Gasteiger partial charge in [0.2, 0.25) is 0 Å². The molecule has 2 fully saturated rings. The lowest BCUT2D eigenvalue weighted by Gasteiger charge is -2.36. The number of ether oxygens (including phenoxy) is 2. The largest absolute Gasteiger partial charge is 0.469 e. The Bertz CT molecular complexity index is 822. The third kappa shape index (κ3) is 6.92. The SMILES string of the molecule is COC(=O)C(C)C(CCOCc1ccccc1)C(N)=C(C(=O)C1CC(CC(C)C)C1)C1CC1. The molecule has 2 aliphatic rings.